The SMILES string of the molecule is Clc1cnc(Sc2nnnn2-c2sccc2Cl)s1. The van der Waals surface area contributed by atoms with Crippen LogP contribution in [0.15, 0.2) is 27.1 Å². The maximum atomic E-state index is 6.06. The molecule has 92 valence electrons. The summed E-state index contributed by atoms with van der Waals surface area (Å²) in [6.45, 7) is 0. The Labute approximate surface area is 124 Å². The van der Waals surface area contributed by atoms with E-state index in [2.05, 4.69) is 20.5 Å². The van der Waals surface area contributed by atoms with E-state index in [-0.39, 0.29) is 0 Å². The highest BCUT2D eigenvalue weighted by atomic mass is 35.5. The van der Waals surface area contributed by atoms with Gasteiger partial charge in [-0.2, -0.15) is 4.68 Å². The average Bonchev–Trinajstić information content (AvgIpc) is 3.02. The van der Waals surface area contributed by atoms with Gasteiger partial charge in [0.1, 0.15) is 9.34 Å². The molecule has 3 aromatic rings. The zero-order valence-corrected chi connectivity index (χ0v) is 12.4. The Kier molecular flexibility index (Phi) is 3.53. The van der Waals surface area contributed by atoms with Crippen molar-refractivity contribution in [1.82, 2.24) is 25.2 Å². The molecule has 0 amide bonds. The van der Waals surface area contributed by atoms with E-state index in [0.717, 1.165) is 9.34 Å². The van der Waals surface area contributed by atoms with Crippen molar-refractivity contribution in [2.75, 3.05) is 0 Å². The fourth-order valence-corrected chi connectivity index (χ4v) is 4.31. The monoisotopic (exact) mass is 335 g/mol. The van der Waals surface area contributed by atoms with Crippen molar-refractivity contribution in [3.05, 3.63) is 27.0 Å². The van der Waals surface area contributed by atoms with Crippen LogP contribution in [0.1, 0.15) is 0 Å². The molecule has 18 heavy (non-hydrogen) atoms. The number of hydrogen-bond acceptors (Lipinski definition) is 7. The summed E-state index contributed by atoms with van der Waals surface area (Å²) in [5, 5.41) is 15.4. The normalized spacial score (nSPS) is 11.0. The fraction of sp³-hybridized carbons (Fsp3) is 0. The molecule has 0 aliphatic carbocycles. The summed E-state index contributed by atoms with van der Waals surface area (Å²) in [5.74, 6) is 0. The van der Waals surface area contributed by atoms with E-state index in [4.69, 9.17) is 23.2 Å². The second kappa shape index (κ2) is 5.14. The second-order valence-electron chi connectivity index (χ2n) is 2.98. The number of thiophene rings is 1. The molecule has 0 bridgehead atoms. The Morgan fingerprint density at radius 2 is 2.22 bits per heavy atom. The van der Waals surface area contributed by atoms with Crippen molar-refractivity contribution in [3.8, 4) is 5.00 Å². The quantitative estimate of drug-likeness (QED) is 0.731. The molecule has 3 rings (SSSR count). The van der Waals surface area contributed by atoms with Crippen LogP contribution in [-0.2, 0) is 0 Å². The Morgan fingerprint density at radius 1 is 1.33 bits per heavy atom. The smallest absolute Gasteiger partial charge is 0.222 e. The molecule has 3 heterocycles. The highest BCUT2D eigenvalue weighted by Crippen LogP contribution is 2.34. The largest absolute Gasteiger partial charge is 0.236 e. The lowest BCUT2D eigenvalue weighted by Crippen LogP contribution is -1.96. The molecule has 0 radical (unpaired) electrons. The van der Waals surface area contributed by atoms with Gasteiger partial charge in [-0.3, -0.25) is 0 Å². The van der Waals surface area contributed by atoms with Crippen LogP contribution in [0.3, 0.4) is 0 Å². The Bertz CT molecular complexity index is 676. The number of nitrogens with zero attached hydrogens (tertiary/aromatic N) is 5. The van der Waals surface area contributed by atoms with E-state index in [0.29, 0.717) is 14.5 Å². The Morgan fingerprint density at radius 3 is 2.89 bits per heavy atom. The lowest BCUT2D eigenvalue weighted by atomic mass is 10.6. The van der Waals surface area contributed by atoms with E-state index in [9.17, 15) is 0 Å². The van der Waals surface area contributed by atoms with Crippen molar-refractivity contribution in [3.63, 3.8) is 0 Å². The van der Waals surface area contributed by atoms with Gasteiger partial charge in [-0.15, -0.1) is 16.4 Å². The maximum absolute atomic E-state index is 6.06. The summed E-state index contributed by atoms with van der Waals surface area (Å²) in [4.78, 5) is 4.15. The number of halogens is 2. The minimum atomic E-state index is 0.602. The summed E-state index contributed by atoms with van der Waals surface area (Å²) < 4.78 is 3.00. The van der Waals surface area contributed by atoms with Crippen molar-refractivity contribution in [1.29, 1.82) is 0 Å². The molecule has 0 saturated carbocycles. The second-order valence-corrected chi connectivity index (χ2v) is 7.16. The molecule has 0 aliphatic heterocycles. The van der Waals surface area contributed by atoms with Crippen molar-refractivity contribution in [2.24, 2.45) is 0 Å². The maximum Gasteiger partial charge on any atom is 0.222 e. The van der Waals surface area contributed by atoms with Gasteiger partial charge in [0.2, 0.25) is 5.16 Å². The van der Waals surface area contributed by atoms with E-state index in [1.807, 2.05) is 5.38 Å². The number of rotatable bonds is 3. The molecule has 3 aromatic heterocycles. The highest BCUT2D eigenvalue weighted by molar-refractivity contribution is 8.00. The van der Waals surface area contributed by atoms with Crippen LogP contribution in [0, 0.1) is 0 Å². The molecular formula is C8H3Cl2N5S3. The average molecular weight is 336 g/mol. The predicted octanol–water partition coefficient (Wildman–Crippen LogP) is 3.64. The van der Waals surface area contributed by atoms with E-state index >= 15 is 0 Å². The summed E-state index contributed by atoms with van der Waals surface area (Å²) in [5.41, 5.74) is 0. The first-order valence-electron chi connectivity index (χ1n) is 4.55. The molecule has 5 nitrogen and oxygen atoms in total. The van der Waals surface area contributed by atoms with Gasteiger partial charge in [-0.25, -0.2) is 4.98 Å². The molecule has 0 saturated heterocycles. The zero-order valence-electron chi connectivity index (χ0n) is 8.45. The van der Waals surface area contributed by atoms with Crippen molar-refractivity contribution in [2.45, 2.75) is 9.50 Å². The summed E-state index contributed by atoms with van der Waals surface area (Å²) >= 11 is 16.1. The van der Waals surface area contributed by atoms with E-state index < -0.39 is 0 Å². The number of thiazole rings is 1. The molecule has 10 heteroatoms. The molecule has 0 unspecified atom stereocenters. The molecule has 0 spiro atoms. The van der Waals surface area contributed by atoms with E-state index in [1.165, 1.54) is 34.4 Å². The summed E-state index contributed by atoms with van der Waals surface area (Å²) in [7, 11) is 0. The number of hydrogen-bond donors (Lipinski definition) is 0. The lowest BCUT2D eigenvalue weighted by molar-refractivity contribution is 0.768. The highest BCUT2D eigenvalue weighted by Gasteiger charge is 2.15. The summed E-state index contributed by atoms with van der Waals surface area (Å²) in [6.07, 6.45) is 1.60. The first-order chi connectivity index (χ1) is 8.74. The van der Waals surface area contributed by atoms with Gasteiger partial charge in [0.25, 0.3) is 0 Å². The minimum absolute atomic E-state index is 0.602. The topological polar surface area (TPSA) is 56.5 Å². The fourth-order valence-electron chi connectivity index (χ4n) is 1.17. The minimum Gasteiger partial charge on any atom is -0.236 e. The Hall–Kier alpha value is -0.670. The van der Waals surface area contributed by atoms with Crippen LogP contribution in [0.25, 0.3) is 5.00 Å². The van der Waals surface area contributed by atoms with Gasteiger partial charge in [-0.05, 0) is 33.6 Å². The first kappa shape index (κ1) is 12.4. The van der Waals surface area contributed by atoms with Crippen LogP contribution in [0.4, 0.5) is 0 Å². The van der Waals surface area contributed by atoms with Crippen LogP contribution in [0.5, 0.6) is 0 Å². The van der Waals surface area contributed by atoms with Gasteiger partial charge in [0.15, 0.2) is 4.34 Å². The summed E-state index contributed by atoms with van der Waals surface area (Å²) in [6, 6.07) is 1.80. The van der Waals surface area contributed by atoms with Gasteiger partial charge in [0, 0.05) is 0 Å². The standard InChI is InChI=1S/C8H3Cl2N5S3/c9-4-1-2-16-6(4)15-7(12-13-14-15)18-8-11-3-5(10)17-8/h1-3H. The zero-order chi connectivity index (χ0) is 12.5. The molecular weight excluding hydrogens is 333 g/mol. The van der Waals surface area contributed by atoms with Crippen LogP contribution in [0.2, 0.25) is 9.36 Å². The third-order valence-corrected chi connectivity index (χ3v) is 5.30. The first-order valence-corrected chi connectivity index (χ1v) is 7.82. The lowest BCUT2D eigenvalue weighted by Gasteiger charge is -1.99. The van der Waals surface area contributed by atoms with Crippen LogP contribution >= 0.6 is 57.6 Å². The third-order valence-electron chi connectivity index (χ3n) is 1.87. The number of aromatic nitrogens is 5. The number of tetrazole rings is 1. The molecule has 0 fully saturated rings. The predicted molar refractivity (Wildman–Crippen MR) is 73.3 cm³/mol. The Balaban J connectivity index is 1.95. The van der Waals surface area contributed by atoms with Crippen molar-refractivity contribution >= 4 is 57.6 Å². The van der Waals surface area contributed by atoms with Gasteiger partial charge < -0.3 is 0 Å². The van der Waals surface area contributed by atoms with Crippen LogP contribution in [-0.4, -0.2) is 25.2 Å². The molecule has 0 N–H and O–H groups in total. The molecule has 0 aromatic carbocycles. The third kappa shape index (κ3) is 2.39. The van der Waals surface area contributed by atoms with Gasteiger partial charge >= 0.3 is 0 Å². The molecule has 0 aliphatic rings. The molecule has 0 atom stereocenters. The van der Waals surface area contributed by atoms with Crippen LogP contribution < -0.4 is 0 Å². The van der Waals surface area contributed by atoms with Gasteiger partial charge in [0.05, 0.1) is 11.2 Å². The van der Waals surface area contributed by atoms with Crippen molar-refractivity contribution < 1.29 is 0 Å². The van der Waals surface area contributed by atoms with Gasteiger partial charge in [-0.1, -0.05) is 34.5 Å². The van der Waals surface area contributed by atoms with E-state index in [1.54, 1.807) is 16.9 Å².